The van der Waals surface area contributed by atoms with Gasteiger partial charge in [-0.1, -0.05) is 19.1 Å². The van der Waals surface area contributed by atoms with Crippen LogP contribution in [0, 0.1) is 6.92 Å². The molecule has 1 amide bonds. The SMILES string of the molecule is CCc1nnc(C)cc1C(=O)N(C)c1ccc(CN)cc1. The fraction of sp³-hybridized carbons (Fsp3) is 0.312. The fourth-order valence-electron chi connectivity index (χ4n) is 2.11. The number of rotatable bonds is 4. The van der Waals surface area contributed by atoms with Crippen LogP contribution in [-0.4, -0.2) is 23.2 Å². The Morgan fingerprint density at radius 3 is 2.48 bits per heavy atom. The molecule has 0 saturated carbocycles. The van der Waals surface area contributed by atoms with Gasteiger partial charge in [-0.3, -0.25) is 4.79 Å². The van der Waals surface area contributed by atoms with Crippen molar-refractivity contribution >= 4 is 11.6 Å². The Bertz CT molecular complexity index is 637. The van der Waals surface area contributed by atoms with Gasteiger partial charge in [0, 0.05) is 19.3 Å². The van der Waals surface area contributed by atoms with Crippen LogP contribution in [0.25, 0.3) is 0 Å². The van der Waals surface area contributed by atoms with Crippen LogP contribution in [-0.2, 0) is 13.0 Å². The van der Waals surface area contributed by atoms with Crippen molar-refractivity contribution in [2.45, 2.75) is 26.8 Å². The highest BCUT2D eigenvalue weighted by Gasteiger charge is 2.18. The number of carbonyl (C=O) groups excluding carboxylic acids is 1. The average Bonchev–Trinajstić information content (AvgIpc) is 2.53. The van der Waals surface area contributed by atoms with Gasteiger partial charge in [0.25, 0.3) is 5.91 Å². The molecule has 0 fully saturated rings. The summed E-state index contributed by atoms with van der Waals surface area (Å²) in [4.78, 5) is 14.3. The van der Waals surface area contributed by atoms with Crippen molar-refractivity contribution in [2.24, 2.45) is 5.73 Å². The fourth-order valence-corrected chi connectivity index (χ4v) is 2.11. The molecule has 2 N–H and O–H groups in total. The molecule has 5 nitrogen and oxygen atoms in total. The predicted octanol–water partition coefficient (Wildman–Crippen LogP) is 2.08. The van der Waals surface area contributed by atoms with Gasteiger partial charge in [-0.15, -0.1) is 0 Å². The van der Waals surface area contributed by atoms with E-state index < -0.39 is 0 Å². The Morgan fingerprint density at radius 2 is 1.90 bits per heavy atom. The first-order chi connectivity index (χ1) is 10.1. The normalized spacial score (nSPS) is 10.5. The van der Waals surface area contributed by atoms with Crippen molar-refractivity contribution in [2.75, 3.05) is 11.9 Å². The molecule has 1 aromatic heterocycles. The summed E-state index contributed by atoms with van der Waals surface area (Å²) in [5, 5.41) is 8.12. The van der Waals surface area contributed by atoms with Crippen molar-refractivity contribution in [3.05, 3.63) is 52.8 Å². The molecule has 1 aromatic carbocycles. The number of nitrogens with two attached hydrogens (primary N) is 1. The van der Waals surface area contributed by atoms with Gasteiger partial charge in [0.1, 0.15) is 0 Å². The lowest BCUT2D eigenvalue weighted by atomic mass is 10.1. The topological polar surface area (TPSA) is 72.1 Å². The highest BCUT2D eigenvalue weighted by atomic mass is 16.2. The van der Waals surface area contributed by atoms with Crippen LogP contribution in [0.1, 0.15) is 34.2 Å². The minimum Gasteiger partial charge on any atom is -0.326 e. The predicted molar refractivity (Wildman–Crippen MR) is 83.2 cm³/mol. The lowest BCUT2D eigenvalue weighted by Gasteiger charge is -2.19. The lowest BCUT2D eigenvalue weighted by Crippen LogP contribution is -2.28. The first-order valence-electron chi connectivity index (χ1n) is 6.97. The van der Waals surface area contributed by atoms with Gasteiger partial charge in [0.15, 0.2) is 0 Å². The van der Waals surface area contributed by atoms with E-state index in [0.717, 1.165) is 22.6 Å². The second-order valence-corrected chi connectivity index (χ2v) is 4.93. The van der Waals surface area contributed by atoms with Crippen molar-refractivity contribution in [1.29, 1.82) is 0 Å². The summed E-state index contributed by atoms with van der Waals surface area (Å²) in [5.74, 6) is -0.0784. The van der Waals surface area contributed by atoms with Crippen LogP contribution in [0.2, 0.25) is 0 Å². The first-order valence-corrected chi connectivity index (χ1v) is 6.97. The largest absolute Gasteiger partial charge is 0.326 e. The van der Waals surface area contributed by atoms with Gasteiger partial charge in [-0.25, -0.2) is 0 Å². The molecule has 0 unspecified atom stereocenters. The van der Waals surface area contributed by atoms with E-state index in [0.29, 0.717) is 18.5 Å². The molecule has 2 rings (SSSR count). The van der Waals surface area contributed by atoms with Crippen molar-refractivity contribution in [3.8, 4) is 0 Å². The monoisotopic (exact) mass is 284 g/mol. The Kier molecular flexibility index (Phi) is 4.65. The summed E-state index contributed by atoms with van der Waals surface area (Å²) in [6.07, 6.45) is 0.675. The van der Waals surface area contributed by atoms with E-state index in [9.17, 15) is 4.79 Å². The van der Waals surface area contributed by atoms with Crippen LogP contribution >= 0.6 is 0 Å². The van der Waals surface area contributed by atoms with Crippen LogP contribution in [0.3, 0.4) is 0 Å². The van der Waals surface area contributed by atoms with E-state index in [1.165, 1.54) is 0 Å². The van der Waals surface area contributed by atoms with Crippen LogP contribution < -0.4 is 10.6 Å². The van der Waals surface area contributed by atoms with Gasteiger partial charge in [0.05, 0.1) is 17.0 Å². The molecule has 21 heavy (non-hydrogen) atoms. The number of benzene rings is 1. The molecule has 0 atom stereocenters. The standard InChI is InChI=1S/C16H20N4O/c1-4-15-14(9-11(2)18-19-15)16(21)20(3)13-7-5-12(10-17)6-8-13/h5-9H,4,10,17H2,1-3H3. The van der Waals surface area contributed by atoms with Gasteiger partial charge in [0.2, 0.25) is 0 Å². The van der Waals surface area contributed by atoms with E-state index in [2.05, 4.69) is 10.2 Å². The number of hydrogen-bond donors (Lipinski definition) is 1. The minimum absolute atomic E-state index is 0.0784. The summed E-state index contributed by atoms with van der Waals surface area (Å²) in [7, 11) is 1.76. The summed E-state index contributed by atoms with van der Waals surface area (Å²) in [5.41, 5.74) is 9.51. The molecule has 5 heteroatoms. The molecule has 0 bridgehead atoms. The van der Waals surface area contributed by atoms with E-state index in [4.69, 9.17) is 5.73 Å². The van der Waals surface area contributed by atoms with Crippen molar-refractivity contribution < 1.29 is 4.79 Å². The molecule has 0 aliphatic carbocycles. The number of anilines is 1. The first kappa shape index (κ1) is 15.1. The zero-order valence-electron chi connectivity index (χ0n) is 12.6. The molecule has 0 saturated heterocycles. The van der Waals surface area contributed by atoms with E-state index in [-0.39, 0.29) is 5.91 Å². The zero-order valence-corrected chi connectivity index (χ0v) is 12.6. The molecule has 0 radical (unpaired) electrons. The maximum Gasteiger partial charge on any atom is 0.259 e. The second kappa shape index (κ2) is 6.45. The van der Waals surface area contributed by atoms with Crippen LogP contribution in [0.4, 0.5) is 5.69 Å². The summed E-state index contributed by atoms with van der Waals surface area (Å²) >= 11 is 0. The second-order valence-electron chi connectivity index (χ2n) is 4.93. The number of amides is 1. The molecule has 2 aromatic rings. The van der Waals surface area contributed by atoms with Gasteiger partial charge >= 0.3 is 0 Å². The van der Waals surface area contributed by atoms with Crippen LogP contribution in [0.5, 0.6) is 0 Å². The van der Waals surface area contributed by atoms with E-state index in [1.807, 2.05) is 38.1 Å². The summed E-state index contributed by atoms with van der Waals surface area (Å²) in [6.45, 7) is 4.29. The Labute approximate surface area is 124 Å². The van der Waals surface area contributed by atoms with Crippen molar-refractivity contribution in [3.63, 3.8) is 0 Å². The smallest absolute Gasteiger partial charge is 0.259 e. The maximum atomic E-state index is 12.7. The number of aryl methyl sites for hydroxylation is 2. The number of nitrogens with zero attached hydrogens (tertiary/aromatic N) is 3. The Morgan fingerprint density at radius 1 is 1.24 bits per heavy atom. The highest BCUT2D eigenvalue weighted by Crippen LogP contribution is 2.18. The third-order valence-corrected chi connectivity index (χ3v) is 3.42. The molecular formula is C16H20N4O. The van der Waals surface area contributed by atoms with Gasteiger partial charge < -0.3 is 10.6 Å². The molecular weight excluding hydrogens is 264 g/mol. The van der Waals surface area contributed by atoms with E-state index in [1.54, 1.807) is 18.0 Å². The molecule has 110 valence electrons. The highest BCUT2D eigenvalue weighted by molar-refractivity contribution is 6.06. The molecule has 0 aliphatic heterocycles. The van der Waals surface area contributed by atoms with Crippen molar-refractivity contribution in [1.82, 2.24) is 10.2 Å². The van der Waals surface area contributed by atoms with Gasteiger partial charge in [-0.05, 0) is 37.1 Å². The molecule has 1 heterocycles. The average molecular weight is 284 g/mol. The Hall–Kier alpha value is -2.27. The summed E-state index contributed by atoms with van der Waals surface area (Å²) < 4.78 is 0. The quantitative estimate of drug-likeness (QED) is 0.933. The number of aromatic nitrogens is 2. The molecule has 0 spiro atoms. The number of hydrogen-bond acceptors (Lipinski definition) is 4. The zero-order chi connectivity index (χ0) is 15.4. The third-order valence-electron chi connectivity index (χ3n) is 3.42. The number of carbonyl (C=O) groups is 1. The van der Waals surface area contributed by atoms with Gasteiger partial charge in [-0.2, -0.15) is 10.2 Å². The molecule has 0 aliphatic rings. The Balaban J connectivity index is 2.32. The third kappa shape index (κ3) is 3.25. The van der Waals surface area contributed by atoms with E-state index >= 15 is 0 Å². The minimum atomic E-state index is -0.0784. The van der Waals surface area contributed by atoms with Crippen LogP contribution in [0.15, 0.2) is 30.3 Å². The lowest BCUT2D eigenvalue weighted by molar-refractivity contribution is 0.0991. The maximum absolute atomic E-state index is 12.7. The summed E-state index contributed by atoms with van der Waals surface area (Å²) in [6, 6.07) is 9.44.